The molecule has 2 rings (SSSR count). The van der Waals surface area contributed by atoms with Crippen LogP contribution < -0.4 is 0 Å². The summed E-state index contributed by atoms with van der Waals surface area (Å²) >= 11 is 5.43. The van der Waals surface area contributed by atoms with Crippen molar-refractivity contribution in [3.05, 3.63) is 39.4 Å². The van der Waals surface area contributed by atoms with Gasteiger partial charge in [-0.05, 0) is 35.6 Å². The fraction of sp³-hybridized carbons (Fsp3) is 0.300. The Bertz CT molecular complexity index is 444. The lowest BCUT2D eigenvalue weighted by Crippen LogP contribution is -2.02. The van der Waals surface area contributed by atoms with Gasteiger partial charge in [-0.1, -0.05) is 6.07 Å². The molecule has 0 bridgehead atoms. The molecule has 0 fully saturated rings. The second-order valence-corrected chi connectivity index (χ2v) is 3.91. The molecule has 4 nitrogen and oxygen atoms in total. The Kier molecular flexibility index (Phi) is 2.44. The zero-order valence-corrected chi connectivity index (χ0v) is 8.53. The summed E-state index contributed by atoms with van der Waals surface area (Å²) in [6.45, 7) is 0. The molecule has 5 heteroatoms. The van der Waals surface area contributed by atoms with Gasteiger partial charge in [-0.25, -0.2) is 0 Å². The maximum Gasteiger partial charge on any atom is 0.269 e. The quantitative estimate of drug-likeness (QED) is 0.441. The lowest BCUT2D eigenvalue weighted by molar-refractivity contribution is -0.384. The van der Waals surface area contributed by atoms with Gasteiger partial charge in [-0.3, -0.25) is 14.9 Å². The van der Waals surface area contributed by atoms with Crippen molar-refractivity contribution in [1.29, 1.82) is 0 Å². The van der Waals surface area contributed by atoms with Crippen LogP contribution in [0.1, 0.15) is 23.5 Å². The number of fused-ring (bicyclic) bond motifs is 1. The van der Waals surface area contributed by atoms with Crippen LogP contribution in [0.25, 0.3) is 0 Å². The Morgan fingerprint density at radius 1 is 1.53 bits per heavy atom. The van der Waals surface area contributed by atoms with E-state index in [1.54, 1.807) is 6.07 Å². The van der Waals surface area contributed by atoms with Crippen LogP contribution in [0.4, 0.5) is 5.69 Å². The second-order valence-electron chi connectivity index (χ2n) is 3.54. The summed E-state index contributed by atoms with van der Waals surface area (Å²) in [4.78, 5) is 21.2. The largest absolute Gasteiger partial charge is 0.281 e. The van der Waals surface area contributed by atoms with Gasteiger partial charge in [0.1, 0.15) is 0 Å². The lowest BCUT2D eigenvalue weighted by Gasteiger charge is -2.04. The van der Waals surface area contributed by atoms with Crippen LogP contribution in [0.2, 0.25) is 0 Å². The third-order valence-corrected chi connectivity index (χ3v) is 2.96. The SMILES string of the molecule is O=C(Cl)C1CCc2ccc([N+](=O)[O-])cc21. The number of benzene rings is 1. The van der Waals surface area contributed by atoms with E-state index in [9.17, 15) is 14.9 Å². The van der Waals surface area contributed by atoms with Gasteiger partial charge in [0.2, 0.25) is 5.24 Å². The van der Waals surface area contributed by atoms with E-state index in [0.717, 1.165) is 12.0 Å². The molecule has 78 valence electrons. The van der Waals surface area contributed by atoms with Crippen molar-refractivity contribution >= 4 is 22.5 Å². The standard InChI is InChI=1S/C10H8ClNO3/c11-10(13)8-4-2-6-1-3-7(12(14)15)5-9(6)8/h1,3,5,8H,2,4H2. The molecular formula is C10H8ClNO3. The van der Waals surface area contributed by atoms with E-state index in [1.807, 2.05) is 0 Å². The van der Waals surface area contributed by atoms with Gasteiger partial charge in [-0.2, -0.15) is 0 Å². The zero-order chi connectivity index (χ0) is 11.0. The Morgan fingerprint density at radius 2 is 2.27 bits per heavy atom. The normalized spacial score (nSPS) is 18.6. The first-order valence-electron chi connectivity index (χ1n) is 4.56. The van der Waals surface area contributed by atoms with Crippen LogP contribution in [0.3, 0.4) is 0 Å². The number of halogens is 1. The second kappa shape index (κ2) is 3.62. The van der Waals surface area contributed by atoms with Gasteiger partial charge in [0.25, 0.3) is 5.69 Å². The fourth-order valence-electron chi connectivity index (χ4n) is 1.94. The van der Waals surface area contributed by atoms with Crippen molar-refractivity contribution < 1.29 is 9.72 Å². The summed E-state index contributed by atoms with van der Waals surface area (Å²) in [5.74, 6) is -0.374. The van der Waals surface area contributed by atoms with Crippen LogP contribution in [0.15, 0.2) is 18.2 Å². The molecule has 1 aliphatic rings. The number of hydrogen-bond donors (Lipinski definition) is 0. The molecule has 1 aromatic rings. The number of aryl methyl sites for hydroxylation is 1. The number of carbonyl (C=O) groups excluding carboxylic acids is 1. The third kappa shape index (κ3) is 1.72. The van der Waals surface area contributed by atoms with E-state index in [1.165, 1.54) is 12.1 Å². The molecule has 0 saturated heterocycles. The highest BCUT2D eigenvalue weighted by Gasteiger charge is 2.28. The summed E-state index contributed by atoms with van der Waals surface area (Å²) in [5.41, 5.74) is 1.71. The van der Waals surface area contributed by atoms with Crippen molar-refractivity contribution in [3.63, 3.8) is 0 Å². The van der Waals surface area contributed by atoms with Gasteiger partial charge < -0.3 is 0 Å². The molecule has 0 aliphatic heterocycles. The number of nitro groups is 1. The van der Waals surface area contributed by atoms with Crippen LogP contribution in [-0.4, -0.2) is 10.2 Å². The van der Waals surface area contributed by atoms with E-state index in [2.05, 4.69) is 0 Å². The van der Waals surface area contributed by atoms with E-state index in [-0.39, 0.29) is 11.6 Å². The number of carbonyl (C=O) groups is 1. The highest BCUT2D eigenvalue weighted by Crippen LogP contribution is 2.36. The molecule has 0 aromatic heterocycles. The third-order valence-electron chi connectivity index (χ3n) is 2.69. The van der Waals surface area contributed by atoms with Crippen molar-refractivity contribution in [2.24, 2.45) is 0 Å². The zero-order valence-electron chi connectivity index (χ0n) is 7.77. The van der Waals surface area contributed by atoms with Crippen molar-refractivity contribution in [3.8, 4) is 0 Å². The van der Waals surface area contributed by atoms with Gasteiger partial charge in [0.05, 0.1) is 10.8 Å². The smallest absolute Gasteiger partial charge is 0.269 e. The minimum absolute atomic E-state index is 0.0126. The topological polar surface area (TPSA) is 60.2 Å². The van der Waals surface area contributed by atoms with Crippen LogP contribution >= 0.6 is 11.6 Å². The number of nitrogens with zero attached hydrogens (tertiary/aromatic N) is 1. The van der Waals surface area contributed by atoms with E-state index >= 15 is 0 Å². The predicted octanol–water partition coefficient (Wildman–Crippen LogP) is 2.39. The van der Waals surface area contributed by atoms with Gasteiger partial charge >= 0.3 is 0 Å². The Hall–Kier alpha value is -1.42. The molecule has 1 aromatic carbocycles. The summed E-state index contributed by atoms with van der Waals surface area (Å²) in [7, 11) is 0. The first kappa shape index (κ1) is 10.1. The average Bonchev–Trinajstić information content (AvgIpc) is 2.59. The van der Waals surface area contributed by atoms with E-state index in [0.29, 0.717) is 12.0 Å². The summed E-state index contributed by atoms with van der Waals surface area (Å²) in [6, 6.07) is 4.61. The average molecular weight is 226 g/mol. The minimum Gasteiger partial charge on any atom is -0.281 e. The fourth-order valence-corrected chi connectivity index (χ4v) is 2.17. The molecule has 0 N–H and O–H groups in total. The molecule has 0 saturated carbocycles. The van der Waals surface area contributed by atoms with Crippen molar-refractivity contribution in [2.45, 2.75) is 18.8 Å². The first-order chi connectivity index (χ1) is 7.09. The number of non-ortho nitro benzene ring substituents is 1. The van der Waals surface area contributed by atoms with Crippen molar-refractivity contribution in [2.75, 3.05) is 0 Å². The molecule has 0 radical (unpaired) electrons. The van der Waals surface area contributed by atoms with Crippen LogP contribution in [0.5, 0.6) is 0 Å². The molecule has 1 unspecified atom stereocenters. The van der Waals surface area contributed by atoms with Gasteiger partial charge in [-0.15, -0.1) is 0 Å². The minimum atomic E-state index is -0.464. The molecule has 0 heterocycles. The van der Waals surface area contributed by atoms with E-state index in [4.69, 9.17) is 11.6 Å². The Morgan fingerprint density at radius 3 is 2.87 bits per heavy atom. The molecule has 1 aliphatic carbocycles. The Labute approximate surface area is 91.0 Å². The number of nitro benzene ring substituents is 1. The van der Waals surface area contributed by atoms with Crippen LogP contribution in [0, 0.1) is 10.1 Å². The highest BCUT2D eigenvalue weighted by atomic mass is 35.5. The predicted molar refractivity (Wildman–Crippen MR) is 55.0 cm³/mol. The molecule has 0 amide bonds. The number of hydrogen-bond acceptors (Lipinski definition) is 3. The summed E-state index contributed by atoms with van der Waals surface area (Å²) in [6.07, 6.45) is 1.41. The summed E-state index contributed by atoms with van der Waals surface area (Å²) in [5, 5.41) is 10.1. The maximum atomic E-state index is 11.1. The lowest BCUT2D eigenvalue weighted by atomic mass is 10.0. The molecule has 0 spiro atoms. The van der Waals surface area contributed by atoms with Gasteiger partial charge in [0, 0.05) is 12.1 Å². The maximum absolute atomic E-state index is 11.1. The summed E-state index contributed by atoms with van der Waals surface area (Å²) < 4.78 is 0. The molecule has 15 heavy (non-hydrogen) atoms. The monoisotopic (exact) mass is 225 g/mol. The van der Waals surface area contributed by atoms with Gasteiger partial charge in [0.15, 0.2) is 0 Å². The molecule has 1 atom stereocenters. The number of rotatable bonds is 2. The van der Waals surface area contributed by atoms with Crippen molar-refractivity contribution in [1.82, 2.24) is 0 Å². The molecular weight excluding hydrogens is 218 g/mol. The van der Waals surface area contributed by atoms with E-state index < -0.39 is 10.2 Å². The van der Waals surface area contributed by atoms with Crippen LogP contribution in [-0.2, 0) is 11.2 Å². The first-order valence-corrected chi connectivity index (χ1v) is 4.94. The Balaban J connectivity index is 2.46. The highest BCUT2D eigenvalue weighted by molar-refractivity contribution is 6.64.